The summed E-state index contributed by atoms with van der Waals surface area (Å²) in [7, 11) is -0.659. The molecule has 0 spiro atoms. The fraction of sp³-hybridized carbons (Fsp3) is 0.462. The zero-order valence-electron chi connectivity index (χ0n) is 10.6. The molecule has 1 aromatic carbocycles. The summed E-state index contributed by atoms with van der Waals surface area (Å²) in [5, 5.41) is 8.87. The van der Waals surface area contributed by atoms with E-state index < -0.39 is 16.8 Å². The average Bonchev–Trinajstić information content (AvgIpc) is 2.41. The third-order valence-electron chi connectivity index (χ3n) is 3.03. The molecular formula is C13H17NO4S. The summed E-state index contributed by atoms with van der Waals surface area (Å²) >= 11 is 0. The highest BCUT2D eigenvalue weighted by atomic mass is 32.2. The number of nitrogens with zero attached hydrogens (tertiary/aromatic N) is 1. The van der Waals surface area contributed by atoms with Gasteiger partial charge in [-0.25, -0.2) is 4.79 Å². The standard InChI is InChI=1S/C13H17NO4S/c15-13(16)11-2-1-3-12(10-11)18-7-4-14-5-8-19(17)9-6-14/h1-3,10H,4-9H2,(H,15,16). The Hall–Kier alpha value is -1.40. The Morgan fingerprint density at radius 1 is 1.37 bits per heavy atom. The molecule has 0 amide bonds. The molecule has 0 radical (unpaired) electrons. The minimum absolute atomic E-state index is 0.228. The van der Waals surface area contributed by atoms with Crippen LogP contribution in [0.3, 0.4) is 0 Å². The lowest BCUT2D eigenvalue weighted by Gasteiger charge is -2.25. The van der Waals surface area contributed by atoms with Crippen molar-refractivity contribution in [2.75, 3.05) is 37.7 Å². The van der Waals surface area contributed by atoms with E-state index in [0.29, 0.717) is 12.4 Å². The molecule has 0 aromatic heterocycles. The van der Waals surface area contributed by atoms with Gasteiger partial charge in [0.15, 0.2) is 0 Å². The molecule has 0 unspecified atom stereocenters. The van der Waals surface area contributed by atoms with Crippen molar-refractivity contribution in [3.8, 4) is 5.75 Å². The Morgan fingerprint density at radius 2 is 2.11 bits per heavy atom. The second kappa shape index (κ2) is 6.68. The molecule has 1 heterocycles. The van der Waals surface area contributed by atoms with E-state index in [2.05, 4.69) is 4.90 Å². The Kier molecular flexibility index (Phi) is 4.93. The van der Waals surface area contributed by atoms with Crippen LogP contribution in [0.25, 0.3) is 0 Å². The highest BCUT2D eigenvalue weighted by Crippen LogP contribution is 2.13. The number of carboxylic acids is 1. The Labute approximate surface area is 114 Å². The van der Waals surface area contributed by atoms with Gasteiger partial charge >= 0.3 is 5.97 Å². The number of carbonyl (C=O) groups is 1. The van der Waals surface area contributed by atoms with Crippen molar-refractivity contribution in [2.45, 2.75) is 0 Å². The molecule has 104 valence electrons. The quantitative estimate of drug-likeness (QED) is 0.867. The van der Waals surface area contributed by atoms with Gasteiger partial charge in [0.1, 0.15) is 12.4 Å². The second-order valence-electron chi connectivity index (χ2n) is 4.37. The minimum Gasteiger partial charge on any atom is -0.492 e. The van der Waals surface area contributed by atoms with Crippen molar-refractivity contribution in [3.63, 3.8) is 0 Å². The molecule has 1 aromatic rings. The maximum absolute atomic E-state index is 11.2. The van der Waals surface area contributed by atoms with Crippen LogP contribution in [0.4, 0.5) is 0 Å². The van der Waals surface area contributed by atoms with Crippen molar-refractivity contribution >= 4 is 16.8 Å². The van der Waals surface area contributed by atoms with E-state index in [1.807, 2.05) is 0 Å². The Bertz CT molecular complexity index is 467. The normalized spacial score (nSPS) is 17.3. The molecule has 1 fully saturated rings. The van der Waals surface area contributed by atoms with E-state index in [9.17, 15) is 9.00 Å². The molecule has 1 aliphatic heterocycles. The van der Waals surface area contributed by atoms with Crippen LogP contribution in [0.1, 0.15) is 10.4 Å². The lowest BCUT2D eigenvalue weighted by atomic mass is 10.2. The zero-order valence-corrected chi connectivity index (χ0v) is 11.4. The number of rotatable bonds is 5. The van der Waals surface area contributed by atoms with Crippen LogP contribution in [0.2, 0.25) is 0 Å². The van der Waals surface area contributed by atoms with Crippen LogP contribution in [0.5, 0.6) is 5.75 Å². The SMILES string of the molecule is O=C(O)c1cccc(OCCN2CCS(=O)CC2)c1. The number of carboxylic acid groups (broad SMARTS) is 1. The first-order valence-corrected chi connectivity index (χ1v) is 7.67. The first-order chi connectivity index (χ1) is 9.15. The third kappa shape index (κ3) is 4.33. The fourth-order valence-electron chi connectivity index (χ4n) is 1.91. The van der Waals surface area contributed by atoms with Crippen LogP contribution < -0.4 is 4.74 Å². The van der Waals surface area contributed by atoms with E-state index in [-0.39, 0.29) is 5.56 Å². The second-order valence-corrected chi connectivity index (χ2v) is 6.07. The molecule has 0 bridgehead atoms. The predicted molar refractivity (Wildman–Crippen MR) is 73.2 cm³/mol. The molecule has 5 nitrogen and oxygen atoms in total. The summed E-state index contributed by atoms with van der Waals surface area (Å²) in [5.41, 5.74) is 0.228. The molecule has 0 atom stereocenters. The number of hydrogen-bond acceptors (Lipinski definition) is 4. The van der Waals surface area contributed by atoms with E-state index in [4.69, 9.17) is 9.84 Å². The average molecular weight is 283 g/mol. The van der Waals surface area contributed by atoms with Crippen molar-refractivity contribution in [1.82, 2.24) is 4.90 Å². The van der Waals surface area contributed by atoms with Crippen molar-refractivity contribution in [1.29, 1.82) is 0 Å². The van der Waals surface area contributed by atoms with Gasteiger partial charge in [0.25, 0.3) is 0 Å². The smallest absolute Gasteiger partial charge is 0.335 e. The van der Waals surface area contributed by atoms with Crippen LogP contribution in [0, 0.1) is 0 Å². The minimum atomic E-state index is -0.955. The summed E-state index contributed by atoms with van der Waals surface area (Å²) in [5.74, 6) is 1.08. The highest BCUT2D eigenvalue weighted by Gasteiger charge is 2.14. The van der Waals surface area contributed by atoms with E-state index in [1.54, 1.807) is 12.1 Å². The zero-order chi connectivity index (χ0) is 13.7. The van der Waals surface area contributed by atoms with Crippen molar-refractivity contribution < 1.29 is 18.8 Å². The van der Waals surface area contributed by atoms with Gasteiger partial charge in [0, 0.05) is 41.9 Å². The van der Waals surface area contributed by atoms with Gasteiger partial charge in [-0.15, -0.1) is 0 Å². The van der Waals surface area contributed by atoms with E-state index in [0.717, 1.165) is 31.1 Å². The molecule has 1 aliphatic rings. The largest absolute Gasteiger partial charge is 0.492 e. The van der Waals surface area contributed by atoms with Crippen LogP contribution in [-0.4, -0.2) is 57.9 Å². The topological polar surface area (TPSA) is 66.8 Å². The highest BCUT2D eigenvalue weighted by molar-refractivity contribution is 7.85. The molecule has 0 aliphatic carbocycles. The van der Waals surface area contributed by atoms with Crippen molar-refractivity contribution in [2.24, 2.45) is 0 Å². The van der Waals surface area contributed by atoms with Crippen LogP contribution in [0.15, 0.2) is 24.3 Å². The summed E-state index contributed by atoms with van der Waals surface area (Å²) < 4.78 is 16.7. The molecule has 19 heavy (non-hydrogen) atoms. The number of aromatic carboxylic acids is 1. The molecule has 2 rings (SSSR count). The summed E-state index contributed by atoms with van der Waals surface area (Å²) in [4.78, 5) is 13.0. The lowest BCUT2D eigenvalue weighted by molar-refractivity contribution is 0.0696. The van der Waals surface area contributed by atoms with Gasteiger partial charge in [-0.3, -0.25) is 9.11 Å². The van der Waals surface area contributed by atoms with Gasteiger partial charge in [0.05, 0.1) is 5.56 Å². The fourth-order valence-corrected chi connectivity index (χ4v) is 3.04. The Balaban J connectivity index is 1.78. The number of ether oxygens (including phenoxy) is 1. The monoisotopic (exact) mass is 283 g/mol. The van der Waals surface area contributed by atoms with Gasteiger partial charge < -0.3 is 9.84 Å². The first kappa shape index (κ1) is 14.0. The van der Waals surface area contributed by atoms with Crippen LogP contribution >= 0.6 is 0 Å². The van der Waals surface area contributed by atoms with Gasteiger partial charge in [-0.1, -0.05) is 6.07 Å². The molecule has 1 saturated heterocycles. The van der Waals surface area contributed by atoms with Crippen LogP contribution in [-0.2, 0) is 10.8 Å². The molecule has 0 saturated carbocycles. The first-order valence-electron chi connectivity index (χ1n) is 6.18. The third-order valence-corrected chi connectivity index (χ3v) is 4.30. The number of benzene rings is 1. The number of hydrogen-bond donors (Lipinski definition) is 1. The summed E-state index contributed by atoms with van der Waals surface area (Å²) in [6, 6.07) is 6.48. The van der Waals surface area contributed by atoms with E-state index >= 15 is 0 Å². The molecule has 6 heteroatoms. The Morgan fingerprint density at radius 3 is 2.79 bits per heavy atom. The lowest BCUT2D eigenvalue weighted by Crippen LogP contribution is -2.39. The maximum atomic E-state index is 11.2. The summed E-state index contributed by atoms with van der Waals surface area (Å²) in [6.07, 6.45) is 0. The van der Waals surface area contributed by atoms with Crippen molar-refractivity contribution in [3.05, 3.63) is 29.8 Å². The molecular weight excluding hydrogens is 266 g/mol. The maximum Gasteiger partial charge on any atom is 0.335 e. The summed E-state index contributed by atoms with van der Waals surface area (Å²) in [6.45, 7) is 2.96. The molecule has 1 N–H and O–H groups in total. The van der Waals surface area contributed by atoms with Gasteiger partial charge in [-0.2, -0.15) is 0 Å². The van der Waals surface area contributed by atoms with E-state index in [1.165, 1.54) is 12.1 Å². The predicted octanol–water partition coefficient (Wildman–Crippen LogP) is 0.828. The van der Waals surface area contributed by atoms with Gasteiger partial charge in [-0.05, 0) is 18.2 Å². The van der Waals surface area contributed by atoms with Gasteiger partial charge in [0.2, 0.25) is 0 Å².